The van der Waals surface area contributed by atoms with E-state index in [2.05, 4.69) is 29.0 Å². The molecule has 0 aromatic carbocycles. The molecule has 0 aliphatic heterocycles. The number of nitrogens with one attached hydrogen (secondary N) is 1. The molecule has 1 aromatic heterocycles. The molecule has 0 saturated carbocycles. The third-order valence-corrected chi connectivity index (χ3v) is 2.95. The number of likely N-dealkylation sites (N-methyl/N-ethyl adjacent to an activating group) is 1. The van der Waals surface area contributed by atoms with Gasteiger partial charge in [-0.25, -0.2) is 4.98 Å². The molecule has 6 nitrogen and oxygen atoms in total. The van der Waals surface area contributed by atoms with Crippen molar-refractivity contribution in [1.82, 2.24) is 9.88 Å². The zero-order valence-corrected chi connectivity index (χ0v) is 12.0. The molecule has 0 atom stereocenters. The molecule has 0 radical (unpaired) electrons. The van der Waals surface area contributed by atoms with Gasteiger partial charge in [0.2, 0.25) is 5.82 Å². The van der Waals surface area contributed by atoms with E-state index in [9.17, 15) is 10.1 Å². The van der Waals surface area contributed by atoms with Crippen LogP contribution in [-0.2, 0) is 0 Å². The molecular weight excluding hydrogens is 268 g/mol. The highest BCUT2D eigenvalue weighted by molar-refractivity contribution is 6.29. The van der Waals surface area contributed by atoms with Crippen LogP contribution in [0.5, 0.6) is 0 Å². The molecule has 0 fully saturated rings. The van der Waals surface area contributed by atoms with Crippen LogP contribution in [0.3, 0.4) is 0 Å². The van der Waals surface area contributed by atoms with Crippen LogP contribution in [-0.4, -0.2) is 41.0 Å². The molecule has 0 amide bonds. The number of nitrogens with zero attached hydrogens (tertiary/aromatic N) is 3. The van der Waals surface area contributed by atoms with E-state index in [1.807, 2.05) is 0 Å². The summed E-state index contributed by atoms with van der Waals surface area (Å²) in [7, 11) is 0. The lowest BCUT2D eigenvalue weighted by Gasteiger charge is -2.19. The Morgan fingerprint density at radius 1 is 1.42 bits per heavy atom. The number of halogens is 1. The summed E-state index contributed by atoms with van der Waals surface area (Å²) in [6, 6.07) is 2.78. The molecule has 1 N–H and O–H groups in total. The molecule has 1 heterocycles. The van der Waals surface area contributed by atoms with Crippen molar-refractivity contribution in [3.8, 4) is 0 Å². The van der Waals surface area contributed by atoms with E-state index in [1.165, 1.54) is 12.1 Å². The van der Waals surface area contributed by atoms with Crippen molar-refractivity contribution in [2.75, 3.05) is 31.5 Å². The second-order valence-corrected chi connectivity index (χ2v) is 4.51. The Hall–Kier alpha value is -1.40. The highest BCUT2D eigenvalue weighted by Gasteiger charge is 2.15. The molecule has 7 heteroatoms. The fourth-order valence-electron chi connectivity index (χ4n) is 1.78. The van der Waals surface area contributed by atoms with Crippen LogP contribution in [0, 0.1) is 10.1 Å². The summed E-state index contributed by atoms with van der Waals surface area (Å²) in [5.41, 5.74) is -0.0528. The van der Waals surface area contributed by atoms with Gasteiger partial charge in [0.1, 0.15) is 5.15 Å². The lowest BCUT2D eigenvalue weighted by atomic mass is 10.3. The molecule has 19 heavy (non-hydrogen) atoms. The standard InChI is InChI=1S/C12H19ClN4O2/c1-3-8-16(4-2)9-7-14-12-10(17(18)19)5-6-11(13)15-12/h5-6H,3-4,7-9H2,1-2H3,(H,14,15). The summed E-state index contributed by atoms with van der Waals surface area (Å²) in [4.78, 5) is 16.6. The smallest absolute Gasteiger partial charge is 0.311 e. The normalized spacial score (nSPS) is 10.7. The first-order valence-corrected chi connectivity index (χ1v) is 6.73. The fraction of sp³-hybridized carbons (Fsp3) is 0.583. The minimum absolute atomic E-state index is 0.0528. The summed E-state index contributed by atoms with van der Waals surface area (Å²) >= 11 is 5.76. The van der Waals surface area contributed by atoms with E-state index in [-0.39, 0.29) is 16.7 Å². The Kier molecular flexibility index (Phi) is 6.52. The van der Waals surface area contributed by atoms with Gasteiger partial charge in [-0.15, -0.1) is 0 Å². The number of nitro groups is 1. The van der Waals surface area contributed by atoms with Gasteiger partial charge in [-0.05, 0) is 25.6 Å². The van der Waals surface area contributed by atoms with E-state index in [0.717, 1.165) is 26.1 Å². The van der Waals surface area contributed by atoms with E-state index in [1.54, 1.807) is 0 Å². The van der Waals surface area contributed by atoms with Gasteiger partial charge in [0.05, 0.1) is 4.92 Å². The van der Waals surface area contributed by atoms with Crippen molar-refractivity contribution < 1.29 is 4.92 Å². The van der Waals surface area contributed by atoms with Gasteiger partial charge in [-0.1, -0.05) is 25.4 Å². The third-order valence-electron chi connectivity index (χ3n) is 2.74. The molecule has 1 aromatic rings. The van der Waals surface area contributed by atoms with E-state index in [4.69, 9.17) is 11.6 Å². The van der Waals surface area contributed by atoms with E-state index < -0.39 is 4.92 Å². The van der Waals surface area contributed by atoms with Crippen molar-refractivity contribution in [2.45, 2.75) is 20.3 Å². The minimum atomic E-state index is -0.463. The fourth-order valence-corrected chi connectivity index (χ4v) is 1.93. The summed E-state index contributed by atoms with van der Waals surface area (Å²) in [6.45, 7) is 7.61. The summed E-state index contributed by atoms with van der Waals surface area (Å²) in [5, 5.41) is 14.1. The SMILES string of the molecule is CCCN(CC)CCNc1nc(Cl)ccc1[N+](=O)[O-]. The van der Waals surface area contributed by atoms with Crippen molar-refractivity contribution in [1.29, 1.82) is 0 Å². The number of pyridine rings is 1. The maximum Gasteiger partial charge on any atom is 0.311 e. The summed E-state index contributed by atoms with van der Waals surface area (Å²) < 4.78 is 0. The van der Waals surface area contributed by atoms with Crippen molar-refractivity contribution in [3.63, 3.8) is 0 Å². The van der Waals surface area contributed by atoms with Crippen LogP contribution in [0.25, 0.3) is 0 Å². The molecule has 0 spiro atoms. The average Bonchev–Trinajstić information content (AvgIpc) is 2.37. The first-order chi connectivity index (χ1) is 9.08. The second kappa shape index (κ2) is 7.91. The maximum atomic E-state index is 10.9. The Morgan fingerprint density at radius 3 is 2.74 bits per heavy atom. The van der Waals surface area contributed by atoms with Crippen LogP contribution < -0.4 is 5.32 Å². The highest BCUT2D eigenvalue weighted by Crippen LogP contribution is 2.23. The lowest BCUT2D eigenvalue weighted by molar-refractivity contribution is -0.384. The van der Waals surface area contributed by atoms with E-state index in [0.29, 0.717) is 6.54 Å². The quantitative estimate of drug-likeness (QED) is 0.452. The number of hydrogen-bond acceptors (Lipinski definition) is 5. The van der Waals surface area contributed by atoms with Gasteiger partial charge in [-0.3, -0.25) is 10.1 Å². The number of anilines is 1. The second-order valence-electron chi connectivity index (χ2n) is 4.12. The monoisotopic (exact) mass is 286 g/mol. The largest absolute Gasteiger partial charge is 0.363 e. The number of aromatic nitrogens is 1. The van der Waals surface area contributed by atoms with Gasteiger partial charge >= 0.3 is 5.69 Å². The Labute approximate surface area is 117 Å². The van der Waals surface area contributed by atoms with Crippen molar-refractivity contribution in [2.24, 2.45) is 0 Å². The maximum absolute atomic E-state index is 10.9. The zero-order valence-electron chi connectivity index (χ0n) is 11.2. The first kappa shape index (κ1) is 15.7. The molecule has 0 saturated heterocycles. The van der Waals surface area contributed by atoms with Crippen molar-refractivity contribution in [3.05, 3.63) is 27.4 Å². The van der Waals surface area contributed by atoms with Crippen LogP contribution in [0.2, 0.25) is 5.15 Å². The number of hydrogen-bond donors (Lipinski definition) is 1. The molecule has 0 aliphatic carbocycles. The Morgan fingerprint density at radius 2 is 2.16 bits per heavy atom. The van der Waals surface area contributed by atoms with Gasteiger partial charge in [0.15, 0.2) is 0 Å². The molecule has 0 unspecified atom stereocenters. The minimum Gasteiger partial charge on any atom is -0.363 e. The summed E-state index contributed by atoms with van der Waals surface area (Å²) in [5.74, 6) is 0.227. The van der Waals surface area contributed by atoms with Crippen LogP contribution in [0.4, 0.5) is 11.5 Å². The topological polar surface area (TPSA) is 71.3 Å². The van der Waals surface area contributed by atoms with Gasteiger partial charge in [-0.2, -0.15) is 0 Å². The third kappa shape index (κ3) is 5.00. The first-order valence-electron chi connectivity index (χ1n) is 6.35. The van der Waals surface area contributed by atoms with Gasteiger partial charge in [0, 0.05) is 19.2 Å². The predicted octanol–water partition coefficient (Wildman–Crippen LogP) is 2.79. The highest BCUT2D eigenvalue weighted by atomic mass is 35.5. The molecular formula is C12H19ClN4O2. The van der Waals surface area contributed by atoms with E-state index >= 15 is 0 Å². The lowest BCUT2D eigenvalue weighted by Crippen LogP contribution is -2.29. The van der Waals surface area contributed by atoms with Crippen LogP contribution in [0.1, 0.15) is 20.3 Å². The number of rotatable bonds is 8. The summed E-state index contributed by atoms with van der Waals surface area (Å²) in [6.07, 6.45) is 1.09. The van der Waals surface area contributed by atoms with Gasteiger partial charge < -0.3 is 10.2 Å². The van der Waals surface area contributed by atoms with Crippen LogP contribution >= 0.6 is 11.6 Å². The molecule has 106 valence electrons. The molecule has 1 rings (SSSR count). The molecule has 0 aliphatic rings. The average molecular weight is 287 g/mol. The van der Waals surface area contributed by atoms with Crippen LogP contribution in [0.15, 0.2) is 12.1 Å². The zero-order chi connectivity index (χ0) is 14.3. The van der Waals surface area contributed by atoms with Gasteiger partial charge in [0.25, 0.3) is 0 Å². The Balaban J connectivity index is 2.61. The predicted molar refractivity (Wildman–Crippen MR) is 76.8 cm³/mol. The Bertz CT molecular complexity index is 428. The van der Waals surface area contributed by atoms with Crippen molar-refractivity contribution >= 4 is 23.1 Å². The molecule has 0 bridgehead atoms.